The minimum atomic E-state index is -1.98. The van der Waals surface area contributed by atoms with E-state index in [0.717, 1.165) is 37.4 Å². The fourth-order valence-corrected chi connectivity index (χ4v) is 20.9. The molecule has 0 aromatic rings. The zero-order valence-electron chi connectivity index (χ0n) is 13.0. The van der Waals surface area contributed by atoms with Gasteiger partial charge in [-0.2, -0.15) is 0 Å². The Morgan fingerprint density at radius 1 is 0.556 bits per heavy atom. The Morgan fingerprint density at radius 2 is 0.778 bits per heavy atom. The molecule has 0 unspecified atom stereocenters. The molecule has 3 nitrogen and oxygen atoms in total. The molecule has 0 amide bonds. The molecule has 1 saturated heterocycles. The molecule has 1 rings (SSSR count). The lowest BCUT2D eigenvalue weighted by atomic mass is 10.6. The van der Waals surface area contributed by atoms with Crippen molar-refractivity contribution in [3.8, 4) is 0 Å². The van der Waals surface area contributed by atoms with Crippen LogP contribution in [-0.2, 0) is 12.3 Å². The van der Waals surface area contributed by atoms with E-state index < -0.39 is 25.7 Å². The van der Waals surface area contributed by atoms with Crippen LogP contribution in [0.1, 0.15) is 40.0 Å². The number of hydrogen-bond acceptors (Lipinski definition) is 3. The van der Waals surface area contributed by atoms with Gasteiger partial charge in [-0.05, 0) is 37.8 Å². The smallest absolute Gasteiger partial charge is 0.317 e. The van der Waals surface area contributed by atoms with Crippen molar-refractivity contribution in [3.63, 3.8) is 0 Å². The van der Waals surface area contributed by atoms with Gasteiger partial charge in [0, 0.05) is 0 Å². The second-order valence-electron chi connectivity index (χ2n) is 5.96. The lowest BCUT2D eigenvalue weighted by Crippen LogP contribution is -2.67. The first-order valence-electron chi connectivity index (χ1n) is 7.41. The second-order valence-corrected chi connectivity index (χ2v) is 16.7. The van der Waals surface area contributed by atoms with Gasteiger partial charge >= 0.3 is 25.7 Å². The van der Waals surface area contributed by atoms with Gasteiger partial charge in [0.1, 0.15) is 0 Å². The van der Waals surface area contributed by atoms with Crippen LogP contribution in [0.5, 0.6) is 0 Å². The first kappa shape index (κ1) is 16.6. The summed E-state index contributed by atoms with van der Waals surface area (Å²) in [7, 11) is -5.95. The van der Waals surface area contributed by atoms with Gasteiger partial charge < -0.3 is 12.3 Å². The van der Waals surface area contributed by atoms with Crippen LogP contribution in [0.3, 0.4) is 0 Å². The minimum absolute atomic E-state index is 1.11. The van der Waals surface area contributed by atoms with Crippen LogP contribution in [0.25, 0.3) is 0 Å². The average Bonchev–Trinajstić information content (AvgIpc) is 2.14. The van der Waals surface area contributed by atoms with Gasteiger partial charge in [0.2, 0.25) is 0 Å². The van der Waals surface area contributed by atoms with E-state index >= 15 is 0 Å². The monoisotopic (exact) mass is 306 g/mol. The maximum atomic E-state index is 6.45. The van der Waals surface area contributed by atoms with Gasteiger partial charge in [0.15, 0.2) is 0 Å². The van der Waals surface area contributed by atoms with E-state index in [1.54, 1.807) is 0 Å². The standard InChI is InChI=1S/C12H30O3Si3/c1-7-10-16(4)13-17(5,11-8-2)15-18(6,14-16)12-9-3/h7-12H2,1-6H3. The van der Waals surface area contributed by atoms with Gasteiger partial charge in [-0.15, -0.1) is 0 Å². The Labute approximate surface area is 116 Å². The molecule has 0 aromatic carbocycles. The summed E-state index contributed by atoms with van der Waals surface area (Å²) in [5.41, 5.74) is 0. The van der Waals surface area contributed by atoms with Crippen molar-refractivity contribution in [2.45, 2.75) is 77.8 Å². The Morgan fingerprint density at radius 3 is 0.944 bits per heavy atom. The predicted molar refractivity (Wildman–Crippen MR) is 83.4 cm³/mol. The highest BCUT2D eigenvalue weighted by molar-refractivity contribution is 6.93. The molecular weight excluding hydrogens is 276 g/mol. The Bertz CT molecular complexity index is 224. The lowest BCUT2D eigenvalue weighted by molar-refractivity contribution is 0.221. The van der Waals surface area contributed by atoms with E-state index in [-0.39, 0.29) is 0 Å². The van der Waals surface area contributed by atoms with Gasteiger partial charge in [-0.1, -0.05) is 40.0 Å². The maximum absolute atomic E-state index is 6.45. The van der Waals surface area contributed by atoms with Crippen LogP contribution < -0.4 is 0 Å². The molecule has 6 heteroatoms. The Hall–Kier alpha value is 0.531. The van der Waals surface area contributed by atoms with Crippen LogP contribution in [0.15, 0.2) is 0 Å². The summed E-state index contributed by atoms with van der Waals surface area (Å²) >= 11 is 0. The van der Waals surface area contributed by atoms with E-state index in [0.29, 0.717) is 0 Å². The molecule has 0 atom stereocenters. The van der Waals surface area contributed by atoms with Crippen molar-refractivity contribution in [2.24, 2.45) is 0 Å². The van der Waals surface area contributed by atoms with Crippen LogP contribution in [0.4, 0.5) is 0 Å². The fourth-order valence-electron chi connectivity index (χ4n) is 3.10. The van der Waals surface area contributed by atoms with Gasteiger partial charge in [-0.3, -0.25) is 0 Å². The summed E-state index contributed by atoms with van der Waals surface area (Å²) in [6, 6.07) is 3.32. The van der Waals surface area contributed by atoms with Crippen LogP contribution in [-0.4, -0.2) is 25.7 Å². The third-order valence-corrected chi connectivity index (χ3v) is 18.0. The molecule has 108 valence electrons. The van der Waals surface area contributed by atoms with Gasteiger partial charge in [-0.25, -0.2) is 0 Å². The minimum Gasteiger partial charge on any atom is -0.416 e. The van der Waals surface area contributed by atoms with E-state index in [1.807, 2.05) is 0 Å². The van der Waals surface area contributed by atoms with Crippen molar-refractivity contribution in [1.29, 1.82) is 0 Å². The molecule has 0 aromatic heterocycles. The van der Waals surface area contributed by atoms with Crippen LogP contribution in [0, 0.1) is 0 Å². The van der Waals surface area contributed by atoms with Crippen molar-refractivity contribution < 1.29 is 12.3 Å². The van der Waals surface area contributed by atoms with Crippen molar-refractivity contribution in [2.75, 3.05) is 0 Å². The first-order valence-corrected chi connectivity index (χ1v) is 15.0. The summed E-state index contributed by atoms with van der Waals surface area (Å²) in [5.74, 6) is 0. The molecule has 18 heavy (non-hydrogen) atoms. The van der Waals surface area contributed by atoms with E-state index in [9.17, 15) is 0 Å². The zero-order valence-corrected chi connectivity index (χ0v) is 16.0. The zero-order chi connectivity index (χ0) is 13.9. The van der Waals surface area contributed by atoms with Crippen LogP contribution in [0.2, 0.25) is 37.8 Å². The molecule has 1 aliphatic rings. The van der Waals surface area contributed by atoms with Crippen molar-refractivity contribution >= 4 is 25.7 Å². The summed E-state index contributed by atoms with van der Waals surface area (Å²) < 4.78 is 19.4. The Kier molecular flexibility index (Phi) is 5.82. The topological polar surface area (TPSA) is 27.7 Å². The highest BCUT2D eigenvalue weighted by atomic mass is 28.5. The summed E-state index contributed by atoms with van der Waals surface area (Å²) in [6.07, 6.45) is 3.45. The van der Waals surface area contributed by atoms with Crippen molar-refractivity contribution in [1.82, 2.24) is 0 Å². The highest BCUT2D eigenvalue weighted by Gasteiger charge is 2.55. The number of rotatable bonds is 6. The van der Waals surface area contributed by atoms with E-state index in [2.05, 4.69) is 40.4 Å². The third-order valence-electron chi connectivity index (χ3n) is 3.41. The Balaban J connectivity index is 2.91. The molecule has 0 saturated carbocycles. The predicted octanol–water partition coefficient (Wildman–Crippen LogP) is 4.50. The molecular formula is C12H30O3Si3. The van der Waals surface area contributed by atoms with Gasteiger partial charge in [0.05, 0.1) is 0 Å². The van der Waals surface area contributed by atoms with Crippen LogP contribution >= 0.6 is 0 Å². The summed E-state index contributed by atoms with van der Waals surface area (Å²) in [5, 5.41) is 0. The van der Waals surface area contributed by atoms with E-state index in [1.165, 1.54) is 0 Å². The second kappa shape index (κ2) is 6.32. The van der Waals surface area contributed by atoms with E-state index in [4.69, 9.17) is 12.3 Å². The highest BCUT2D eigenvalue weighted by Crippen LogP contribution is 2.37. The normalized spacial score (nSPS) is 41.0. The molecule has 1 aliphatic heterocycles. The maximum Gasteiger partial charge on any atom is 0.317 e. The molecule has 1 fully saturated rings. The molecule has 0 aliphatic carbocycles. The largest absolute Gasteiger partial charge is 0.416 e. The average molecular weight is 307 g/mol. The summed E-state index contributed by atoms with van der Waals surface area (Å²) in [6.45, 7) is 13.4. The quantitative estimate of drug-likeness (QED) is 0.676. The molecule has 0 bridgehead atoms. The van der Waals surface area contributed by atoms with Crippen molar-refractivity contribution in [3.05, 3.63) is 0 Å². The SMILES string of the molecule is CCC[Si]1(C)O[Si](C)(CCC)O[Si](C)(CCC)O1. The summed E-state index contributed by atoms with van der Waals surface area (Å²) in [4.78, 5) is 0. The number of hydrogen-bond donors (Lipinski definition) is 0. The molecule has 0 radical (unpaired) electrons. The molecule has 0 spiro atoms. The first-order chi connectivity index (χ1) is 8.30. The van der Waals surface area contributed by atoms with Gasteiger partial charge in [0.25, 0.3) is 0 Å². The lowest BCUT2D eigenvalue weighted by Gasteiger charge is -2.50. The fraction of sp³-hybridized carbons (Fsp3) is 1.00. The molecule has 0 N–H and O–H groups in total. The molecule has 1 heterocycles. The third kappa shape index (κ3) is 4.28.